The number of hydrogen-bond donors (Lipinski definition) is 2. The van der Waals surface area contributed by atoms with Crippen LogP contribution in [0.25, 0.3) is 0 Å². The van der Waals surface area contributed by atoms with Gasteiger partial charge in [-0.15, -0.1) is 0 Å². The lowest BCUT2D eigenvalue weighted by Crippen LogP contribution is -2.33. The largest absolute Gasteiger partial charge is 0.351 e. The van der Waals surface area contributed by atoms with Gasteiger partial charge in [0.05, 0.1) is 6.04 Å². The number of rotatable bonds is 4. The van der Waals surface area contributed by atoms with Crippen molar-refractivity contribution in [1.29, 1.82) is 0 Å². The van der Waals surface area contributed by atoms with Crippen molar-refractivity contribution >= 4 is 23.1 Å². The Balaban J connectivity index is 1.82. The van der Waals surface area contributed by atoms with E-state index in [9.17, 15) is 0 Å². The number of pyridine rings is 1. The summed E-state index contributed by atoms with van der Waals surface area (Å²) in [6, 6.07) is 22.7. The van der Waals surface area contributed by atoms with E-state index in [1.165, 1.54) is 5.56 Å². The van der Waals surface area contributed by atoms with Crippen LogP contribution in [-0.4, -0.2) is 10.1 Å². The molecule has 1 aromatic heterocycles. The average Bonchev–Trinajstić information content (AvgIpc) is 2.61. The molecule has 2 aromatic carbocycles. The van der Waals surface area contributed by atoms with Crippen molar-refractivity contribution in [3.8, 4) is 0 Å². The number of nitrogens with one attached hydrogen (secondary N) is 2. The van der Waals surface area contributed by atoms with Crippen molar-refractivity contribution in [3.63, 3.8) is 0 Å². The number of anilines is 1. The van der Waals surface area contributed by atoms with Gasteiger partial charge in [-0.1, -0.05) is 60.2 Å². The van der Waals surface area contributed by atoms with E-state index in [4.69, 9.17) is 12.2 Å². The van der Waals surface area contributed by atoms with Crippen molar-refractivity contribution in [3.05, 3.63) is 95.2 Å². The molecule has 1 unspecified atom stereocenters. The molecule has 0 fully saturated rings. The number of aryl methyl sites for hydroxylation is 2. The van der Waals surface area contributed by atoms with Gasteiger partial charge in [0.1, 0.15) is 5.82 Å². The minimum atomic E-state index is -0.0217. The predicted molar refractivity (Wildman–Crippen MR) is 108 cm³/mol. The van der Waals surface area contributed by atoms with E-state index in [1.54, 1.807) is 6.20 Å². The van der Waals surface area contributed by atoms with Crippen LogP contribution in [0.15, 0.2) is 72.9 Å². The highest BCUT2D eigenvalue weighted by atomic mass is 32.1. The van der Waals surface area contributed by atoms with E-state index < -0.39 is 0 Å². The fourth-order valence-electron chi connectivity index (χ4n) is 2.65. The molecule has 0 spiro atoms. The van der Waals surface area contributed by atoms with Crippen LogP contribution in [0.4, 0.5) is 5.82 Å². The standard InChI is InChI=1S/C21H21N3S/c1-15-8-10-18(11-9-15)20(17-6-4-3-5-7-17)24-21(25)23-19-14-16(2)12-13-22-19/h3-14,20H,1-2H3,(H2,22,23,24,25). The van der Waals surface area contributed by atoms with E-state index >= 15 is 0 Å². The molecule has 0 amide bonds. The minimum Gasteiger partial charge on any atom is -0.351 e. The van der Waals surface area contributed by atoms with E-state index in [0.29, 0.717) is 5.11 Å². The molecule has 0 saturated heterocycles. The van der Waals surface area contributed by atoms with Gasteiger partial charge in [-0.05, 0) is 54.9 Å². The minimum absolute atomic E-state index is 0.0217. The fourth-order valence-corrected chi connectivity index (χ4v) is 2.87. The Hall–Kier alpha value is -2.72. The molecule has 0 bridgehead atoms. The van der Waals surface area contributed by atoms with Gasteiger partial charge in [0, 0.05) is 6.20 Å². The molecule has 1 heterocycles. The van der Waals surface area contributed by atoms with Gasteiger partial charge in [-0.25, -0.2) is 4.98 Å². The highest BCUT2D eigenvalue weighted by Crippen LogP contribution is 2.22. The molecular weight excluding hydrogens is 326 g/mol. The smallest absolute Gasteiger partial charge is 0.172 e. The van der Waals surface area contributed by atoms with Crippen LogP contribution in [0.2, 0.25) is 0 Å². The SMILES string of the molecule is Cc1ccc(C(NC(=S)Nc2cc(C)ccn2)c2ccccc2)cc1. The number of nitrogens with zero attached hydrogens (tertiary/aromatic N) is 1. The average molecular weight is 347 g/mol. The molecule has 0 aliphatic rings. The second-order valence-corrected chi connectivity index (χ2v) is 6.48. The monoisotopic (exact) mass is 347 g/mol. The van der Waals surface area contributed by atoms with Crippen molar-refractivity contribution in [1.82, 2.24) is 10.3 Å². The highest BCUT2D eigenvalue weighted by Gasteiger charge is 2.15. The zero-order valence-electron chi connectivity index (χ0n) is 14.4. The van der Waals surface area contributed by atoms with Crippen LogP contribution in [-0.2, 0) is 0 Å². The molecule has 3 aromatic rings. The van der Waals surface area contributed by atoms with Crippen LogP contribution in [0, 0.1) is 13.8 Å². The first-order valence-electron chi connectivity index (χ1n) is 8.23. The molecule has 1 atom stereocenters. The first-order chi connectivity index (χ1) is 12.1. The molecule has 4 heteroatoms. The third-order valence-corrected chi connectivity index (χ3v) is 4.20. The molecule has 3 rings (SSSR count). The summed E-state index contributed by atoms with van der Waals surface area (Å²) in [5, 5.41) is 7.14. The van der Waals surface area contributed by atoms with Gasteiger partial charge in [0.25, 0.3) is 0 Å². The second kappa shape index (κ2) is 7.90. The Morgan fingerprint density at radius 1 is 0.880 bits per heavy atom. The van der Waals surface area contributed by atoms with Crippen LogP contribution in [0.5, 0.6) is 0 Å². The number of aromatic nitrogens is 1. The van der Waals surface area contributed by atoms with Gasteiger partial charge in [0.15, 0.2) is 5.11 Å². The summed E-state index contributed by atoms with van der Waals surface area (Å²) in [5.41, 5.74) is 4.70. The molecular formula is C21H21N3S. The summed E-state index contributed by atoms with van der Waals surface area (Å²) in [5.74, 6) is 0.744. The van der Waals surface area contributed by atoms with E-state index in [-0.39, 0.29) is 6.04 Å². The third-order valence-electron chi connectivity index (χ3n) is 3.98. The first kappa shape index (κ1) is 17.1. The van der Waals surface area contributed by atoms with Gasteiger partial charge < -0.3 is 10.6 Å². The summed E-state index contributed by atoms with van der Waals surface area (Å²) in [7, 11) is 0. The van der Waals surface area contributed by atoms with Gasteiger partial charge >= 0.3 is 0 Å². The summed E-state index contributed by atoms with van der Waals surface area (Å²) in [4.78, 5) is 4.31. The second-order valence-electron chi connectivity index (χ2n) is 6.07. The Kier molecular flexibility index (Phi) is 5.41. The molecule has 0 aliphatic heterocycles. The van der Waals surface area contributed by atoms with Crippen molar-refractivity contribution in [2.45, 2.75) is 19.9 Å². The summed E-state index contributed by atoms with van der Waals surface area (Å²) < 4.78 is 0. The van der Waals surface area contributed by atoms with Crippen LogP contribution >= 0.6 is 12.2 Å². The number of thiocarbonyl (C=S) groups is 1. The maximum absolute atomic E-state index is 5.52. The van der Waals surface area contributed by atoms with Crippen molar-refractivity contribution < 1.29 is 0 Å². The van der Waals surface area contributed by atoms with Crippen molar-refractivity contribution in [2.24, 2.45) is 0 Å². The maximum Gasteiger partial charge on any atom is 0.172 e. The van der Waals surface area contributed by atoms with Crippen LogP contribution in [0.1, 0.15) is 28.3 Å². The van der Waals surface area contributed by atoms with E-state index in [2.05, 4.69) is 58.9 Å². The zero-order chi connectivity index (χ0) is 17.6. The Morgan fingerprint density at radius 2 is 1.56 bits per heavy atom. The summed E-state index contributed by atoms with van der Waals surface area (Å²) in [6.07, 6.45) is 1.77. The normalized spacial score (nSPS) is 11.6. The molecule has 0 aliphatic carbocycles. The predicted octanol–water partition coefficient (Wildman–Crippen LogP) is 4.77. The van der Waals surface area contributed by atoms with Gasteiger partial charge in [-0.3, -0.25) is 0 Å². The lowest BCUT2D eigenvalue weighted by atomic mass is 9.98. The molecule has 0 saturated carbocycles. The van der Waals surface area contributed by atoms with Crippen LogP contribution in [0.3, 0.4) is 0 Å². The molecule has 25 heavy (non-hydrogen) atoms. The summed E-state index contributed by atoms with van der Waals surface area (Å²) in [6.45, 7) is 4.12. The lowest BCUT2D eigenvalue weighted by molar-refractivity contribution is 0.768. The fraction of sp³-hybridized carbons (Fsp3) is 0.143. The van der Waals surface area contributed by atoms with Gasteiger partial charge in [0.2, 0.25) is 0 Å². The highest BCUT2D eigenvalue weighted by molar-refractivity contribution is 7.80. The molecule has 126 valence electrons. The zero-order valence-corrected chi connectivity index (χ0v) is 15.2. The maximum atomic E-state index is 5.52. The van der Waals surface area contributed by atoms with Crippen molar-refractivity contribution in [2.75, 3.05) is 5.32 Å². The third kappa shape index (κ3) is 4.64. The molecule has 2 N–H and O–H groups in total. The Morgan fingerprint density at radius 3 is 2.24 bits per heavy atom. The van der Waals surface area contributed by atoms with E-state index in [0.717, 1.165) is 22.5 Å². The molecule has 3 nitrogen and oxygen atoms in total. The van der Waals surface area contributed by atoms with E-state index in [1.807, 2.05) is 37.3 Å². The topological polar surface area (TPSA) is 37.0 Å². The number of benzene rings is 2. The number of hydrogen-bond acceptors (Lipinski definition) is 2. The Labute approximate surface area is 154 Å². The first-order valence-corrected chi connectivity index (χ1v) is 8.64. The van der Waals surface area contributed by atoms with Gasteiger partial charge in [-0.2, -0.15) is 0 Å². The summed E-state index contributed by atoms with van der Waals surface area (Å²) >= 11 is 5.52. The Bertz CT molecular complexity index is 845. The molecule has 0 radical (unpaired) electrons. The van der Waals surface area contributed by atoms with Crippen LogP contribution < -0.4 is 10.6 Å². The quantitative estimate of drug-likeness (QED) is 0.666. The lowest BCUT2D eigenvalue weighted by Gasteiger charge is -2.22.